The summed E-state index contributed by atoms with van der Waals surface area (Å²) in [6.45, 7) is -0.569. The number of hydrogen-bond donors (Lipinski definition) is 8. The van der Waals surface area contributed by atoms with E-state index in [4.69, 9.17) is 25.5 Å². The van der Waals surface area contributed by atoms with Crippen LogP contribution in [0.2, 0.25) is 0 Å². The van der Waals surface area contributed by atoms with Gasteiger partial charge in [-0.15, -0.1) is 0 Å². The molecule has 0 spiro atoms. The van der Waals surface area contributed by atoms with Crippen LogP contribution in [-0.4, -0.2) is 79.6 Å². The van der Waals surface area contributed by atoms with E-state index in [0.29, 0.717) is 0 Å². The monoisotopic (exact) mass is 289 g/mol. The van der Waals surface area contributed by atoms with Gasteiger partial charge in [-0.05, 0) is 19.3 Å². The fraction of sp³-hybridized carbons (Fsp3) is 0.875. The first-order valence-electron chi connectivity index (χ1n) is 4.67. The number of aliphatic hydroxyl groups is 6. The average Bonchev–Trinajstić information content (AvgIpc) is 2.25. The lowest BCUT2D eigenvalue weighted by Gasteiger charge is -2.25. The van der Waals surface area contributed by atoms with E-state index in [-0.39, 0.29) is 10.9 Å². The molecule has 0 fully saturated rings. The molecule has 7 N–H and O–H groups in total. The van der Waals surface area contributed by atoms with Crippen molar-refractivity contribution in [2.75, 3.05) is 20.2 Å². The van der Waals surface area contributed by atoms with E-state index in [2.05, 4.69) is 30.2 Å². The van der Waals surface area contributed by atoms with Crippen LogP contribution >= 0.6 is 24.8 Å². The lowest BCUT2D eigenvalue weighted by atomic mass is 10.0. The first-order chi connectivity index (χ1) is 7.77. The Morgan fingerprint density at radius 1 is 1.18 bits per heavy atom. The van der Waals surface area contributed by atoms with Crippen molar-refractivity contribution < 1.29 is 30.6 Å². The van der Waals surface area contributed by atoms with E-state index in [9.17, 15) is 5.11 Å². The van der Waals surface area contributed by atoms with E-state index in [0.717, 1.165) is 0 Å². The minimum absolute atomic E-state index is 0.0936. The minimum Gasteiger partial charge on any atom is -0.494 e. The van der Waals surface area contributed by atoms with Gasteiger partial charge in [0.15, 0.2) is 0 Å². The zero-order valence-corrected chi connectivity index (χ0v) is 11.0. The van der Waals surface area contributed by atoms with Crippen molar-refractivity contribution in [3.63, 3.8) is 0 Å². The Bertz CT molecular complexity index is 204. The molecule has 0 aliphatic rings. The summed E-state index contributed by atoms with van der Waals surface area (Å²) in [6.07, 6.45) is -5.65. The summed E-state index contributed by atoms with van der Waals surface area (Å²) >= 11 is 7.21. The molecule has 0 heterocycles. The van der Waals surface area contributed by atoms with Gasteiger partial charge >= 0.3 is 0 Å². The number of aliphatic hydroxyl groups excluding tert-OH is 6. The molecule has 0 saturated heterocycles. The van der Waals surface area contributed by atoms with Crippen LogP contribution in [0.5, 0.6) is 0 Å². The maximum atomic E-state index is 9.21. The topological polar surface area (TPSA) is 133 Å². The highest BCUT2D eigenvalue weighted by Gasteiger charge is 2.29. The second-order valence-corrected chi connectivity index (χ2v) is 4.25. The van der Waals surface area contributed by atoms with Gasteiger partial charge in [-0.2, -0.15) is 0 Å². The molecule has 0 aliphatic carbocycles. The summed E-state index contributed by atoms with van der Waals surface area (Å²) < 4.78 is -0.306. The van der Waals surface area contributed by atoms with Crippen molar-refractivity contribution in [1.82, 2.24) is 5.32 Å². The maximum absolute atomic E-state index is 9.21. The number of thiocarbonyl (C=S) groups is 1. The van der Waals surface area contributed by atoms with Crippen LogP contribution in [0.1, 0.15) is 0 Å². The quantitative estimate of drug-likeness (QED) is 0.197. The summed E-state index contributed by atoms with van der Waals surface area (Å²) in [5.74, 6) is 0. The zero-order chi connectivity index (χ0) is 14.0. The van der Waals surface area contributed by atoms with E-state index in [1.54, 1.807) is 7.05 Å². The first-order valence-corrected chi connectivity index (χ1v) is 5.53. The predicted molar refractivity (Wildman–Crippen MR) is 69.3 cm³/mol. The van der Waals surface area contributed by atoms with Crippen LogP contribution in [0.4, 0.5) is 0 Å². The Morgan fingerprint density at radius 2 is 1.53 bits per heavy atom. The second-order valence-electron chi connectivity index (χ2n) is 3.14. The molecule has 9 heteroatoms. The van der Waals surface area contributed by atoms with Gasteiger partial charge in [0.2, 0.25) is 4.38 Å². The molecular weight excluding hydrogens is 270 g/mol. The summed E-state index contributed by atoms with van der Waals surface area (Å²) in [4.78, 5) is 0. The molecule has 0 aliphatic heterocycles. The van der Waals surface area contributed by atoms with Gasteiger partial charge in [-0.3, -0.25) is 0 Å². The van der Waals surface area contributed by atoms with Crippen molar-refractivity contribution in [2.24, 2.45) is 0 Å². The van der Waals surface area contributed by atoms with Crippen molar-refractivity contribution in [3.05, 3.63) is 0 Å². The highest BCUT2D eigenvalue weighted by atomic mass is 32.1. The second kappa shape index (κ2) is 11.1. The lowest BCUT2D eigenvalue weighted by molar-refractivity contribution is -0.113. The highest BCUT2D eigenvalue weighted by Crippen LogP contribution is 2.04. The van der Waals surface area contributed by atoms with Crippen molar-refractivity contribution >= 4 is 29.2 Å². The molecule has 0 saturated carbocycles. The van der Waals surface area contributed by atoms with Gasteiger partial charge < -0.3 is 36.0 Å². The van der Waals surface area contributed by atoms with Crippen LogP contribution in [0.3, 0.4) is 0 Å². The molecule has 7 nitrogen and oxygen atoms in total. The Balaban J connectivity index is 0. The van der Waals surface area contributed by atoms with Crippen LogP contribution < -0.4 is 5.32 Å². The van der Waals surface area contributed by atoms with E-state index >= 15 is 0 Å². The molecule has 0 aromatic carbocycles. The maximum Gasteiger partial charge on any atom is 0.214 e. The smallest absolute Gasteiger partial charge is 0.214 e. The predicted octanol–water partition coefficient (Wildman–Crippen LogP) is -2.60. The Kier molecular flexibility index (Phi) is 12.6. The number of likely N-dealkylation sites (N-methyl/N-ethyl adjacent to an activating group) is 1. The number of rotatable bonds is 6. The van der Waals surface area contributed by atoms with Crippen LogP contribution in [0, 0.1) is 0 Å². The molecule has 0 bridgehead atoms. The van der Waals surface area contributed by atoms with Gasteiger partial charge in [0.25, 0.3) is 0 Å². The normalized spacial score (nSPS) is 17.4. The van der Waals surface area contributed by atoms with E-state index < -0.39 is 31.0 Å². The molecule has 0 amide bonds. The summed E-state index contributed by atoms with van der Waals surface area (Å²) in [7, 11) is 1.57. The Hall–Kier alpha value is -0.000000000000000111. The van der Waals surface area contributed by atoms with Crippen LogP contribution in [0.15, 0.2) is 0 Å². The number of hydrogen-bond acceptors (Lipinski definition) is 7. The zero-order valence-electron chi connectivity index (χ0n) is 9.26. The van der Waals surface area contributed by atoms with E-state index in [1.807, 2.05) is 0 Å². The Labute approximate surface area is 110 Å². The third-order valence-electron chi connectivity index (χ3n) is 1.74. The standard InChI is InChI=1S/C7H17NO5.CH2OS2/c1-8-2-4(10)6(12)7(13)5(11)3-9;2-1(3)4/h4-13H,2-3H2,1H3;(H2,2,3,4). The molecule has 0 aromatic rings. The molecule has 0 radical (unpaired) electrons. The van der Waals surface area contributed by atoms with Crippen LogP contribution in [0.25, 0.3) is 0 Å². The van der Waals surface area contributed by atoms with E-state index in [1.165, 1.54) is 0 Å². The first kappa shape index (κ1) is 19.3. The molecule has 4 atom stereocenters. The third kappa shape index (κ3) is 10.9. The summed E-state index contributed by atoms with van der Waals surface area (Å²) in [5.41, 5.74) is 0. The third-order valence-corrected chi connectivity index (χ3v) is 1.74. The van der Waals surface area contributed by atoms with Crippen LogP contribution in [-0.2, 0) is 0 Å². The largest absolute Gasteiger partial charge is 0.494 e. The van der Waals surface area contributed by atoms with Gasteiger partial charge in [0, 0.05) is 6.54 Å². The van der Waals surface area contributed by atoms with Crippen molar-refractivity contribution in [2.45, 2.75) is 24.4 Å². The fourth-order valence-corrected chi connectivity index (χ4v) is 0.893. The van der Waals surface area contributed by atoms with Gasteiger partial charge in [-0.1, -0.05) is 12.6 Å². The van der Waals surface area contributed by atoms with Crippen molar-refractivity contribution in [1.29, 1.82) is 0 Å². The SMILES string of the molecule is CNCC(O)C(O)C(O)C(O)CO.OC(=S)S. The molecule has 0 rings (SSSR count). The lowest BCUT2D eigenvalue weighted by Crippen LogP contribution is -2.48. The van der Waals surface area contributed by atoms with Gasteiger partial charge in [0.05, 0.1) is 12.7 Å². The number of nitrogens with one attached hydrogen (secondary N) is 1. The highest BCUT2D eigenvalue weighted by molar-refractivity contribution is 8.10. The van der Waals surface area contributed by atoms with Gasteiger partial charge in [0.1, 0.15) is 18.3 Å². The number of thiol groups is 1. The minimum atomic E-state index is -1.55. The summed E-state index contributed by atoms with van der Waals surface area (Å²) in [6, 6.07) is 0. The Morgan fingerprint density at radius 3 is 1.82 bits per heavy atom. The molecule has 104 valence electrons. The average molecular weight is 289 g/mol. The molecule has 17 heavy (non-hydrogen) atoms. The van der Waals surface area contributed by atoms with Crippen molar-refractivity contribution in [3.8, 4) is 0 Å². The fourth-order valence-electron chi connectivity index (χ4n) is 0.893. The van der Waals surface area contributed by atoms with Gasteiger partial charge in [-0.25, -0.2) is 0 Å². The molecule has 0 aromatic heterocycles. The summed E-state index contributed by atoms with van der Waals surface area (Å²) in [5, 5.41) is 55.1. The molecule has 4 unspecified atom stereocenters. The molecular formula is C8H19NO6S2.